The van der Waals surface area contributed by atoms with Gasteiger partial charge in [0.15, 0.2) is 0 Å². The Bertz CT molecular complexity index is 441. The molecule has 1 radical (unpaired) electrons. The Morgan fingerprint density at radius 2 is 1.53 bits per heavy atom. The van der Waals surface area contributed by atoms with Crippen molar-refractivity contribution in [1.82, 2.24) is 10.2 Å². The summed E-state index contributed by atoms with van der Waals surface area (Å²) in [7, 11) is 0. The molecule has 0 bridgehead atoms. The van der Waals surface area contributed by atoms with Crippen LogP contribution in [0.3, 0.4) is 0 Å². The number of nitrogens with zero attached hydrogens (tertiary/aromatic N) is 2. The third-order valence-corrected chi connectivity index (χ3v) is 2.08. The molecule has 0 aliphatic carbocycles. The van der Waals surface area contributed by atoms with Gasteiger partial charge in [-0.05, 0) is 12.6 Å². The first-order valence-electron chi connectivity index (χ1n) is 5.56. The number of rotatable bonds is 1. The standard InChI is InChI=1S/C12H11N2.C2H6.Y/c1-9-8-12(10(2)14-13-9)11-6-4-3-5-7-11;1-2;/h3-7H,1-2H3;1-2H3;/q-1;;. The fourth-order valence-corrected chi connectivity index (χ4v) is 1.38. The van der Waals surface area contributed by atoms with Gasteiger partial charge in [-0.1, -0.05) is 39.0 Å². The quantitative estimate of drug-likeness (QED) is 0.752. The maximum atomic E-state index is 4.07. The van der Waals surface area contributed by atoms with Crippen molar-refractivity contribution in [3.63, 3.8) is 0 Å². The van der Waals surface area contributed by atoms with Gasteiger partial charge in [0.2, 0.25) is 0 Å². The van der Waals surface area contributed by atoms with E-state index in [1.807, 2.05) is 45.9 Å². The summed E-state index contributed by atoms with van der Waals surface area (Å²) >= 11 is 0. The van der Waals surface area contributed by atoms with Gasteiger partial charge in [0.05, 0.1) is 0 Å². The van der Waals surface area contributed by atoms with Gasteiger partial charge in [-0.2, -0.15) is 10.7 Å². The van der Waals surface area contributed by atoms with Crippen LogP contribution in [0.2, 0.25) is 0 Å². The zero-order valence-electron chi connectivity index (χ0n) is 10.9. The molecule has 2 aromatic rings. The molecule has 1 aromatic carbocycles. The SMILES string of the molecule is CC.Cc1[c-]c(-c2ccccc2)c(C)nn1.[Y]. The Balaban J connectivity index is 0.000000811. The largest absolute Gasteiger partial charge is 0.223 e. The van der Waals surface area contributed by atoms with E-state index in [1.54, 1.807) is 0 Å². The van der Waals surface area contributed by atoms with E-state index in [1.165, 1.54) is 0 Å². The summed E-state index contributed by atoms with van der Waals surface area (Å²) in [5.74, 6) is 0. The zero-order chi connectivity index (χ0) is 12.0. The Kier molecular flexibility index (Phi) is 8.19. The van der Waals surface area contributed by atoms with Gasteiger partial charge in [0.25, 0.3) is 0 Å². The molecule has 0 spiro atoms. The van der Waals surface area contributed by atoms with E-state index in [0.717, 1.165) is 22.5 Å². The van der Waals surface area contributed by atoms with Crippen molar-refractivity contribution in [2.45, 2.75) is 27.7 Å². The predicted octanol–water partition coefficient (Wildman–Crippen LogP) is 3.58. The van der Waals surface area contributed by atoms with Gasteiger partial charge in [-0.25, -0.2) is 5.10 Å². The molecule has 0 saturated heterocycles. The molecule has 0 amide bonds. The van der Waals surface area contributed by atoms with Gasteiger partial charge in [-0.3, -0.25) is 0 Å². The number of aryl methyl sites for hydroxylation is 2. The second kappa shape index (κ2) is 8.49. The number of hydrogen-bond donors (Lipinski definition) is 0. The molecule has 2 nitrogen and oxygen atoms in total. The molecule has 0 fully saturated rings. The first-order chi connectivity index (χ1) is 7.77. The van der Waals surface area contributed by atoms with Crippen LogP contribution in [0.15, 0.2) is 30.3 Å². The van der Waals surface area contributed by atoms with Crippen LogP contribution >= 0.6 is 0 Å². The summed E-state index contributed by atoms with van der Waals surface area (Å²) in [6.07, 6.45) is 0. The first-order valence-corrected chi connectivity index (χ1v) is 5.56. The molecule has 0 aliphatic rings. The monoisotopic (exact) mass is 302 g/mol. The van der Waals surface area contributed by atoms with Crippen molar-refractivity contribution >= 4 is 0 Å². The van der Waals surface area contributed by atoms with E-state index in [0.29, 0.717) is 0 Å². The summed E-state index contributed by atoms with van der Waals surface area (Å²) in [5, 5.41) is 8.03. The van der Waals surface area contributed by atoms with Crippen LogP contribution in [0, 0.1) is 19.9 Å². The summed E-state index contributed by atoms with van der Waals surface area (Å²) in [6, 6.07) is 13.4. The Labute approximate surface area is 129 Å². The van der Waals surface area contributed by atoms with Crippen molar-refractivity contribution in [2.24, 2.45) is 0 Å². The molecular weight excluding hydrogens is 285 g/mol. The minimum atomic E-state index is 0. The molecule has 1 aromatic heterocycles. The van der Waals surface area contributed by atoms with E-state index in [-0.39, 0.29) is 32.7 Å². The Morgan fingerprint density at radius 3 is 2.12 bits per heavy atom. The van der Waals surface area contributed by atoms with E-state index in [4.69, 9.17) is 0 Å². The zero-order valence-corrected chi connectivity index (χ0v) is 13.7. The number of aromatic nitrogens is 2. The van der Waals surface area contributed by atoms with Gasteiger partial charge >= 0.3 is 0 Å². The maximum Gasteiger partial charge on any atom is 0.000565 e. The van der Waals surface area contributed by atoms with Crippen LogP contribution < -0.4 is 0 Å². The normalized spacial score (nSPS) is 8.71. The topological polar surface area (TPSA) is 25.8 Å². The molecule has 0 N–H and O–H groups in total. The van der Waals surface area contributed by atoms with E-state index >= 15 is 0 Å². The molecular formula is C14H17N2Y-. The molecule has 1 heterocycles. The summed E-state index contributed by atoms with van der Waals surface area (Å²) < 4.78 is 0. The van der Waals surface area contributed by atoms with Gasteiger partial charge in [0.1, 0.15) is 0 Å². The molecule has 0 unspecified atom stereocenters. The molecule has 87 valence electrons. The minimum absolute atomic E-state index is 0. The number of benzene rings is 1. The van der Waals surface area contributed by atoms with Crippen LogP contribution in [0.4, 0.5) is 0 Å². The predicted molar refractivity (Wildman–Crippen MR) is 67.1 cm³/mol. The molecule has 3 heteroatoms. The van der Waals surface area contributed by atoms with E-state index < -0.39 is 0 Å². The minimum Gasteiger partial charge on any atom is -0.223 e. The second-order valence-corrected chi connectivity index (χ2v) is 3.24. The fraction of sp³-hybridized carbons (Fsp3) is 0.286. The van der Waals surface area contributed by atoms with Gasteiger partial charge in [-0.15, -0.1) is 23.8 Å². The third kappa shape index (κ3) is 4.65. The van der Waals surface area contributed by atoms with Gasteiger partial charge < -0.3 is 0 Å². The first kappa shape index (κ1) is 16.4. The van der Waals surface area contributed by atoms with E-state index in [9.17, 15) is 0 Å². The molecule has 0 atom stereocenters. The van der Waals surface area contributed by atoms with Crippen LogP contribution in [0.1, 0.15) is 25.2 Å². The van der Waals surface area contributed by atoms with Crippen LogP contribution in [0.5, 0.6) is 0 Å². The van der Waals surface area contributed by atoms with Crippen LogP contribution in [-0.2, 0) is 32.7 Å². The van der Waals surface area contributed by atoms with Crippen LogP contribution in [0.25, 0.3) is 11.1 Å². The molecule has 17 heavy (non-hydrogen) atoms. The second-order valence-electron chi connectivity index (χ2n) is 3.24. The maximum absolute atomic E-state index is 4.07. The van der Waals surface area contributed by atoms with Crippen molar-refractivity contribution in [3.8, 4) is 11.1 Å². The van der Waals surface area contributed by atoms with Crippen molar-refractivity contribution in [1.29, 1.82) is 0 Å². The summed E-state index contributed by atoms with van der Waals surface area (Å²) in [6.45, 7) is 7.85. The average molecular weight is 302 g/mol. The summed E-state index contributed by atoms with van der Waals surface area (Å²) in [5.41, 5.74) is 3.93. The number of hydrogen-bond acceptors (Lipinski definition) is 2. The van der Waals surface area contributed by atoms with Crippen molar-refractivity contribution < 1.29 is 32.7 Å². The Hall–Kier alpha value is -0.596. The summed E-state index contributed by atoms with van der Waals surface area (Å²) in [4.78, 5) is 0. The molecule has 0 aliphatic heterocycles. The third-order valence-electron chi connectivity index (χ3n) is 2.08. The molecule has 2 rings (SSSR count). The smallest absolute Gasteiger partial charge is 0.000565 e. The van der Waals surface area contributed by atoms with Gasteiger partial charge in [0, 0.05) is 38.4 Å². The molecule has 0 saturated carbocycles. The van der Waals surface area contributed by atoms with E-state index in [2.05, 4.69) is 28.4 Å². The van der Waals surface area contributed by atoms with Crippen molar-refractivity contribution in [2.75, 3.05) is 0 Å². The van der Waals surface area contributed by atoms with Crippen LogP contribution in [-0.4, -0.2) is 10.2 Å². The fourth-order valence-electron chi connectivity index (χ4n) is 1.38. The van der Waals surface area contributed by atoms with Crippen molar-refractivity contribution in [3.05, 3.63) is 47.8 Å². The average Bonchev–Trinajstić information content (AvgIpc) is 2.36. The Morgan fingerprint density at radius 1 is 0.941 bits per heavy atom.